The number of nitro benzene ring substituents is 1. The predicted molar refractivity (Wildman–Crippen MR) is 126 cm³/mol. The number of carbonyl (C=O) groups is 2. The number of benzene rings is 3. The Bertz CT molecular complexity index is 1390. The van der Waals surface area contributed by atoms with Crippen LogP contribution in [-0.4, -0.2) is 33.1 Å². The van der Waals surface area contributed by atoms with Crippen molar-refractivity contribution in [1.29, 1.82) is 0 Å². The van der Waals surface area contributed by atoms with Crippen LogP contribution in [-0.2, 0) is 17.6 Å². The summed E-state index contributed by atoms with van der Waals surface area (Å²) in [6, 6.07) is 20.3. The minimum atomic E-state index is -0.926. The molecule has 0 atom stereocenters. The first-order valence-corrected chi connectivity index (χ1v) is 10.7. The molecule has 3 aromatic carbocycles. The maximum Gasteiger partial charge on any atom is 0.307 e. The van der Waals surface area contributed by atoms with Gasteiger partial charge in [-0.05, 0) is 54.4 Å². The Balaban J connectivity index is 1.47. The minimum Gasteiger partial charge on any atom is -0.493 e. The predicted octanol–water partition coefficient (Wildman–Crippen LogP) is 4.80. The van der Waals surface area contributed by atoms with E-state index in [2.05, 4.69) is 0 Å². The largest absolute Gasteiger partial charge is 0.493 e. The number of aryl methyl sites for hydroxylation is 1. The van der Waals surface area contributed by atoms with E-state index in [1.54, 1.807) is 53.1 Å². The maximum absolute atomic E-state index is 13.2. The van der Waals surface area contributed by atoms with Gasteiger partial charge in [0.05, 0.1) is 23.5 Å². The molecule has 4 aromatic rings. The Morgan fingerprint density at radius 1 is 1.03 bits per heavy atom. The van der Waals surface area contributed by atoms with E-state index in [1.807, 2.05) is 19.1 Å². The molecular formula is C26H22N2O6. The molecule has 0 fully saturated rings. The van der Waals surface area contributed by atoms with Gasteiger partial charge >= 0.3 is 5.97 Å². The van der Waals surface area contributed by atoms with Crippen LogP contribution in [0.2, 0.25) is 0 Å². The van der Waals surface area contributed by atoms with Crippen molar-refractivity contribution in [3.05, 3.63) is 105 Å². The van der Waals surface area contributed by atoms with Crippen LogP contribution in [0.4, 0.5) is 5.69 Å². The molecule has 1 heterocycles. The summed E-state index contributed by atoms with van der Waals surface area (Å²) in [5.74, 6) is -0.562. The Morgan fingerprint density at radius 3 is 2.47 bits per heavy atom. The number of nitro groups is 1. The van der Waals surface area contributed by atoms with Gasteiger partial charge in [-0.3, -0.25) is 24.3 Å². The van der Waals surface area contributed by atoms with Crippen LogP contribution >= 0.6 is 0 Å². The minimum absolute atomic E-state index is 0.0447. The average Bonchev–Trinajstić information content (AvgIpc) is 3.16. The molecule has 4 rings (SSSR count). The monoisotopic (exact) mass is 458 g/mol. The average molecular weight is 458 g/mol. The summed E-state index contributed by atoms with van der Waals surface area (Å²) in [5.41, 5.74) is 3.36. The zero-order valence-corrected chi connectivity index (χ0v) is 18.4. The van der Waals surface area contributed by atoms with E-state index in [-0.39, 0.29) is 18.0 Å². The lowest BCUT2D eigenvalue weighted by Gasteiger charge is -2.10. The third kappa shape index (κ3) is 4.80. The molecule has 0 radical (unpaired) electrons. The Labute approximate surface area is 195 Å². The van der Waals surface area contributed by atoms with Gasteiger partial charge in [-0.25, -0.2) is 0 Å². The number of aliphatic carboxylic acids is 1. The fourth-order valence-corrected chi connectivity index (χ4v) is 3.95. The first kappa shape index (κ1) is 22.7. The van der Waals surface area contributed by atoms with Crippen LogP contribution < -0.4 is 4.74 Å². The number of aromatic nitrogens is 1. The number of rotatable bonds is 8. The lowest BCUT2D eigenvalue weighted by molar-refractivity contribution is -0.384. The van der Waals surface area contributed by atoms with E-state index in [9.17, 15) is 19.7 Å². The van der Waals surface area contributed by atoms with Gasteiger partial charge < -0.3 is 9.84 Å². The molecule has 0 aliphatic rings. The Hall–Kier alpha value is -4.46. The fourth-order valence-electron chi connectivity index (χ4n) is 3.95. The molecule has 0 unspecified atom stereocenters. The van der Waals surface area contributed by atoms with E-state index in [4.69, 9.17) is 9.84 Å². The lowest BCUT2D eigenvalue weighted by Crippen LogP contribution is -2.13. The third-order valence-corrected chi connectivity index (χ3v) is 5.55. The number of carbonyl (C=O) groups excluding carboxylic acids is 1. The first-order chi connectivity index (χ1) is 16.3. The number of nitrogens with zero attached hydrogens (tertiary/aromatic N) is 2. The summed E-state index contributed by atoms with van der Waals surface area (Å²) in [7, 11) is 0. The number of non-ortho nitro benzene ring substituents is 1. The zero-order chi connectivity index (χ0) is 24.2. The summed E-state index contributed by atoms with van der Waals surface area (Å²) < 4.78 is 7.32. The number of carboxylic acid groups (broad SMARTS) is 1. The summed E-state index contributed by atoms with van der Waals surface area (Å²) in [6.07, 6.45) is 0.396. The van der Waals surface area contributed by atoms with E-state index < -0.39 is 10.9 Å². The molecular weight excluding hydrogens is 436 g/mol. The number of hydrogen-bond donors (Lipinski definition) is 1. The number of carboxylic acids is 1. The molecule has 0 aliphatic heterocycles. The van der Waals surface area contributed by atoms with Gasteiger partial charge in [0.1, 0.15) is 5.75 Å². The molecule has 0 saturated heterocycles. The second-order valence-corrected chi connectivity index (χ2v) is 7.90. The number of fused-ring (bicyclic) bond motifs is 1. The third-order valence-electron chi connectivity index (χ3n) is 5.55. The highest BCUT2D eigenvalue weighted by Crippen LogP contribution is 2.25. The molecule has 0 bridgehead atoms. The van der Waals surface area contributed by atoms with Gasteiger partial charge in [0, 0.05) is 35.2 Å². The van der Waals surface area contributed by atoms with Gasteiger partial charge in [0.25, 0.3) is 11.6 Å². The molecule has 1 aromatic heterocycles. The van der Waals surface area contributed by atoms with Crippen LogP contribution in [0.25, 0.3) is 10.9 Å². The summed E-state index contributed by atoms with van der Waals surface area (Å²) >= 11 is 0. The second kappa shape index (κ2) is 9.58. The van der Waals surface area contributed by atoms with Crippen molar-refractivity contribution in [3.63, 3.8) is 0 Å². The van der Waals surface area contributed by atoms with E-state index in [1.165, 1.54) is 12.1 Å². The molecule has 8 heteroatoms. The van der Waals surface area contributed by atoms with Crippen LogP contribution in [0.1, 0.15) is 27.2 Å². The fraction of sp³-hybridized carbons (Fsp3) is 0.154. The summed E-state index contributed by atoms with van der Waals surface area (Å²) in [4.78, 5) is 34.9. The normalized spacial score (nSPS) is 10.9. The molecule has 8 nitrogen and oxygen atoms in total. The van der Waals surface area contributed by atoms with Gasteiger partial charge in [-0.15, -0.1) is 0 Å². The Morgan fingerprint density at radius 2 is 1.76 bits per heavy atom. The standard InChI is InChI=1S/C26H22N2O6/c1-17-14-23-20(16-25(29)30)5-3-7-24(23)27(17)26(31)19-8-10-22(11-9-19)34-13-12-18-4-2-6-21(15-18)28(32)33/h2-11,14-15H,12-13,16H2,1H3,(H,29,30). The molecule has 172 valence electrons. The van der Waals surface area contributed by atoms with Gasteiger partial charge in [-0.2, -0.15) is 0 Å². The van der Waals surface area contributed by atoms with E-state index in [0.29, 0.717) is 35.4 Å². The van der Waals surface area contributed by atoms with Crippen LogP contribution in [0, 0.1) is 17.0 Å². The highest BCUT2D eigenvalue weighted by molar-refractivity contribution is 6.04. The van der Waals surface area contributed by atoms with Gasteiger partial charge in [0.15, 0.2) is 0 Å². The number of hydrogen-bond acceptors (Lipinski definition) is 5. The Kier molecular flexibility index (Phi) is 6.40. The molecule has 0 amide bonds. The maximum atomic E-state index is 13.2. The molecule has 1 N–H and O–H groups in total. The second-order valence-electron chi connectivity index (χ2n) is 7.90. The quantitative estimate of drug-likeness (QED) is 0.300. The van der Waals surface area contributed by atoms with Gasteiger partial charge in [-0.1, -0.05) is 24.3 Å². The molecule has 0 saturated carbocycles. The van der Waals surface area contributed by atoms with Crippen molar-refractivity contribution in [3.8, 4) is 5.75 Å². The lowest BCUT2D eigenvalue weighted by atomic mass is 10.1. The SMILES string of the molecule is Cc1cc2c(CC(=O)O)cccc2n1C(=O)c1ccc(OCCc2cccc([N+](=O)[O-])c2)cc1. The van der Waals surface area contributed by atoms with Gasteiger partial charge in [0.2, 0.25) is 0 Å². The highest BCUT2D eigenvalue weighted by Gasteiger charge is 2.17. The molecule has 34 heavy (non-hydrogen) atoms. The summed E-state index contributed by atoms with van der Waals surface area (Å²) in [6.45, 7) is 2.15. The molecule has 0 aliphatic carbocycles. The van der Waals surface area contributed by atoms with Crippen LogP contribution in [0.5, 0.6) is 5.75 Å². The van der Waals surface area contributed by atoms with Crippen molar-refractivity contribution in [2.45, 2.75) is 19.8 Å². The smallest absolute Gasteiger partial charge is 0.307 e. The van der Waals surface area contributed by atoms with E-state index >= 15 is 0 Å². The van der Waals surface area contributed by atoms with Crippen molar-refractivity contribution >= 4 is 28.5 Å². The van der Waals surface area contributed by atoms with Crippen molar-refractivity contribution in [1.82, 2.24) is 4.57 Å². The first-order valence-electron chi connectivity index (χ1n) is 10.7. The van der Waals surface area contributed by atoms with Crippen molar-refractivity contribution in [2.24, 2.45) is 0 Å². The van der Waals surface area contributed by atoms with E-state index in [0.717, 1.165) is 16.6 Å². The number of ether oxygens (including phenoxy) is 1. The van der Waals surface area contributed by atoms with Crippen molar-refractivity contribution < 1.29 is 24.4 Å². The topological polar surface area (TPSA) is 112 Å². The van der Waals surface area contributed by atoms with Crippen LogP contribution in [0.15, 0.2) is 72.8 Å². The zero-order valence-electron chi connectivity index (χ0n) is 18.4. The summed E-state index contributed by atoms with van der Waals surface area (Å²) in [5, 5.41) is 20.8. The van der Waals surface area contributed by atoms with Crippen molar-refractivity contribution in [2.75, 3.05) is 6.61 Å². The highest BCUT2D eigenvalue weighted by atomic mass is 16.6. The molecule has 0 spiro atoms. The van der Waals surface area contributed by atoms with Crippen LogP contribution in [0.3, 0.4) is 0 Å².